The first-order chi connectivity index (χ1) is 12.7. The van der Waals surface area contributed by atoms with Crippen molar-refractivity contribution in [3.63, 3.8) is 0 Å². The Morgan fingerprint density at radius 1 is 1.12 bits per heavy atom. The van der Waals surface area contributed by atoms with E-state index in [0.717, 1.165) is 44.3 Å². The zero-order valence-corrected chi connectivity index (χ0v) is 14.7. The molecular weight excluding hydrogens is 330 g/mol. The van der Waals surface area contributed by atoms with Gasteiger partial charge in [-0.1, -0.05) is 0 Å². The van der Waals surface area contributed by atoms with E-state index in [1.807, 2.05) is 17.0 Å². The van der Waals surface area contributed by atoms with Crippen molar-refractivity contribution in [2.75, 3.05) is 26.2 Å². The van der Waals surface area contributed by atoms with E-state index in [1.54, 1.807) is 23.4 Å². The second-order valence-electron chi connectivity index (χ2n) is 7.03. The summed E-state index contributed by atoms with van der Waals surface area (Å²) < 4.78 is 0. The van der Waals surface area contributed by atoms with Gasteiger partial charge in [-0.05, 0) is 43.9 Å². The van der Waals surface area contributed by atoms with Gasteiger partial charge in [0.25, 0.3) is 5.91 Å². The highest BCUT2D eigenvalue weighted by Gasteiger charge is 2.32. The molecule has 4 rings (SSSR count). The minimum Gasteiger partial charge on any atom is -0.342 e. The SMILES string of the molecule is O=C(c1cc(-c2cccnc2)n[nH]1)N1CCC[C@H](C(=O)N2CCCC2)C1. The summed E-state index contributed by atoms with van der Waals surface area (Å²) in [6.45, 7) is 2.90. The Balaban J connectivity index is 1.44. The molecule has 2 aromatic heterocycles. The van der Waals surface area contributed by atoms with Crippen LogP contribution in [-0.2, 0) is 4.79 Å². The number of rotatable bonds is 3. The molecule has 0 unspecified atom stereocenters. The lowest BCUT2D eigenvalue weighted by atomic mass is 9.96. The van der Waals surface area contributed by atoms with Crippen LogP contribution in [0.2, 0.25) is 0 Å². The molecule has 2 fully saturated rings. The Morgan fingerprint density at radius 3 is 2.69 bits per heavy atom. The Morgan fingerprint density at radius 2 is 1.92 bits per heavy atom. The first-order valence-corrected chi connectivity index (χ1v) is 9.26. The van der Waals surface area contributed by atoms with Gasteiger partial charge in [-0.3, -0.25) is 19.7 Å². The lowest BCUT2D eigenvalue weighted by Crippen LogP contribution is -2.46. The van der Waals surface area contributed by atoms with Crippen LogP contribution < -0.4 is 0 Å². The molecule has 1 N–H and O–H groups in total. The molecule has 2 aliphatic rings. The molecule has 0 aliphatic carbocycles. The van der Waals surface area contributed by atoms with Gasteiger partial charge in [0.15, 0.2) is 0 Å². The maximum Gasteiger partial charge on any atom is 0.271 e. The predicted molar refractivity (Wildman–Crippen MR) is 96.3 cm³/mol. The smallest absolute Gasteiger partial charge is 0.271 e. The zero-order valence-electron chi connectivity index (χ0n) is 14.7. The number of nitrogens with zero attached hydrogens (tertiary/aromatic N) is 4. The average molecular weight is 353 g/mol. The van der Waals surface area contributed by atoms with Crippen LogP contribution in [0, 0.1) is 5.92 Å². The summed E-state index contributed by atoms with van der Waals surface area (Å²) in [7, 11) is 0. The molecule has 0 aromatic carbocycles. The van der Waals surface area contributed by atoms with Gasteiger partial charge >= 0.3 is 0 Å². The van der Waals surface area contributed by atoms with E-state index < -0.39 is 0 Å². The maximum atomic E-state index is 12.8. The highest BCUT2D eigenvalue weighted by Crippen LogP contribution is 2.23. The van der Waals surface area contributed by atoms with Gasteiger partial charge in [-0.15, -0.1) is 0 Å². The predicted octanol–water partition coefficient (Wildman–Crippen LogP) is 1.95. The molecule has 0 saturated carbocycles. The lowest BCUT2D eigenvalue weighted by Gasteiger charge is -2.33. The van der Waals surface area contributed by atoms with E-state index in [9.17, 15) is 9.59 Å². The zero-order chi connectivity index (χ0) is 17.9. The molecule has 4 heterocycles. The number of piperidine rings is 1. The van der Waals surface area contributed by atoms with Gasteiger partial charge in [0.2, 0.25) is 5.91 Å². The first-order valence-electron chi connectivity index (χ1n) is 9.26. The van der Waals surface area contributed by atoms with Crippen LogP contribution in [0.4, 0.5) is 0 Å². The molecule has 2 amide bonds. The van der Waals surface area contributed by atoms with Crippen molar-refractivity contribution in [1.82, 2.24) is 25.0 Å². The molecule has 26 heavy (non-hydrogen) atoms. The van der Waals surface area contributed by atoms with Crippen LogP contribution in [-0.4, -0.2) is 63.0 Å². The van der Waals surface area contributed by atoms with Crippen molar-refractivity contribution < 1.29 is 9.59 Å². The molecule has 2 saturated heterocycles. The van der Waals surface area contributed by atoms with Crippen LogP contribution in [0.15, 0.2) is 30.6 Å². The summed E-state index contributed by atoms with van der Waals surface area (Å²) >= 11 is 0. The number of hydrogen-bond acceptors (Lipinski definition) is 4. The Bertz CT molecular complexity index is 782. The van der Waals surface area contributed by atoms with Gasteiger partial charge in [0.05, 0.1) is 11.6 Å². The average Bonchev–Trinajstić information content (AvgIpc) is 3.40. The van der Waals surface area contributed by atoms with E-state index in [0.29, 0.717) is 24.5 Å². The fraction of sp³-hybridized carbons (Fsp3) is 0.474. The van der Waals surface area contributed by atoms with Crippen LogP contribution in [0.5, 0.6) is 0 Å². The summed E-state index contributed by atoms with van der Waals surface area (Å²) in [4.78, 5) is 33.3. The number of amides is 2. The van der Waals surface area contributed by atoms with Crippen LogP contribution >= 0.6 is 0 Å². The molecule has 2 aliphatic heterocycles. The number of likely N-dealkylation sites (tertiary alicyclic amines) is 2. The van der Waals surface area contributed by atoms with Crippen LogP contribution in [0.25, 0.3) is 11.3 Å². The number of aromatic amines is 1. The van der Waals surface area contributed by atoms with E-state index >= 15 is 0 Å². The van der Waals surface area contributed by atoms with Crippen molar-refractivity contribution in [3.05, 3.63) is 36.3 Å². The largest absolute Gasteiger partial charge is 0.342 e. The number of pyridine rings is 1. The third-order valence-corrected chi connectivity index (χ3v) is 5.24. The van der Waals surface area contributed by atoms with Crippen LogP contribution in [0.1, 0.15) is 36.2 Å². The second-order valence-corrected chi connectivity index (χ2v) is 7.03. The van der Waals surface area contributed by atoms with Gasteiger partial charge in [0.1, 0.15) is 5.69 Å². The standard InChI is InChI=1S/C19H23N5O2/c25-18(23-8-1-2-9-23)15-6-4-10-24(13-15)19(26)17-11-16(21-22-17)14-5-3-7-20-12-14/h3,5,7,11-12,15H,1-2,4,6,8-10,13H2,(H,21,22)/t15-/m0/s1. The van der Waals surface area contributed by atoms with Crippen LogP contribution in [0.3, 0.4) is 0 Å². The van der Waals surface area contributed by atoms with Crippen molar-refractivity contribution in [2.24, 2.45) is 5.92 Å². The first kappa shape index (κ1) is 16.8. The maximum absolute atomic E-state index is 12.8. The fourth-order valence-corrected chi connectivity index (χ4v) is 3.82. The number of aromatic nitrogens is 3. The third-order valence-electron chi connectivity index (χ3n) is 5.24. The fourth-order valence-electron chi connectivity index (χ4n) is 3.82. The van der Waals surface area contributed by atoms with Gasteiger partial charge in [-0.2, -0.15) is 5.10 Å². The summed E-state index contributed by atoms with van der Waals surface area (Å²) in [6.07, 6.45) is 7.32. The monoisotopic (exact) mass is 353 g/mol. The van der Waals surface area contributed by atoms with Gasteiger partial charge < -0.3 is 9.80 Å². The second kappa shape index (κ2) is 7.27. The van der Waals surface area contributed by atoms with Crippen molar-refractivity contribution in [2.45, 2.75) is 25.7 Å². The number of carbonyl (C=O) groups is 2. The van der Waals surface area contributed by atoms with Gasteiger partial charge in [0, 0.05) is 44.1 Å². The Kier molecular flexibility index (Phi) is 4.69. The van der Waals surface area contributed by atoms with Crippen molar-refractivity contribution >= 4 is 11.8 Å². The minimum absolute atomic E-state index is 0.0773. The summed E-state index contributed by atoms with van der Waals surface area (Å²) in [6, 6.07) is 5.50. The highest BCUT2D eigenvalue weighted by molar-refractivity contribution is 5.94. The van der Waals surface area contributed by atoms with E-state index in [2.05, 4.69) is 15.2 Å². The Labute approximate surface area is 152 Å². The number of nitrogens with one attached hydrogen (secondary N) is 1. The minimum atomic E-state index is -0.0911. The highest BCUT2D eigenvalue weighted by atomic mass is 16.2. The molecule has 1 atom stereocenters. The summed E-state index contributed by atoms with van der Waals surface area (Å²) in [5.74, 6) is 0.0405. The molecule has 0 radical (unpaired) electrons. The molecular formula is C19H23N5O2. The number of carbonyl (C=O) groups excluding carboxylic acids is 2. The van der Waals surface area contributed by atoms with E-state index in [1.165, 1.54) is 0 Å². The number of H-pyrrole nitrogens is 1. The van der Waals surface area contributed by atoms with Gasteiger partial charge in [-0.25, -0.2) is 0 Å². The molecule has 7 heteroatoms. The molecule has 2 aromatic rings. The quantitative estimate of drug-likeness (QED) is 0.914. The van der Waals surface area contributed by atoms with E-state index in [4.69, 9.17) is 0 Å². The third kappa shape index (κ3) is 3.34. The van der Waals surface area contributed by atoms with E-state index in [-0.39, 0.29) is 17.7 Å². The molecule has 7 nitrogen and oxygen atoms in total. The van der Waals surface area contributed by atoms with Crippen molar-refractivity contribution in [3.8, 4) is 11.3 Å². The summed E-state index contributed by atoms with van der Waals surface area (Å²) in [5, 5.41) is 7.07. The molecule has 0 spiro atoms. The summed E-state index contributed by atoms with van der Waals surface area (Å²) in [5.41, 5.74) is 2.02. The van der Waals surface area contributed by atoms with Crippen molar-refractivity contribution in [1.29, 1.82) is 0 Å². The molecule has 136 valence electrons. The molecule has 0 bridgehead atoms. The normalized spacial score (nSPS) is 20.4. The topological polar surface area (TPSA) is 82.2 Å². The lowest BCUT2D eigenvalue weighted by molar-refractivity contribution is -0.135. The number of hydrogen-bond donors (Lipinski definition) is 1. The Hall–Kier alpha value is -2.70.